The van der Waals surface area contributed by atoms with Gasteiger partial charge in [0, 0.05) is 40.8 Å². The second kappa shape index (κ2) is 9.19. The summed E-state index contributed by atoms with van der Waals surface area (Å²) in [6.07, 6.45) is 2.45. The van der Waals surface area contributed by atoms with Crippen LogP contribution in [0.25, 0.3) is 10.9 Å². The lowest BCUT2D eigenvalue weighted by Gasteiger charge is -2.31. The highest BCUT2D eigenvalue weighted by molar-refractivity contribution is 6.30. The molecule has 1 amide bonds. The normalized spacial score (nSPS) is 12.9. The lowest BCUT2D eigenvalue weighted by Crippen LogP contribution is -2.31. The molecule has 0 bridgehead atoms. The minimum atomic E-state index is -0.174. The van der Waals surface area contributed by atoms with Gasteiger partial charge >= 0.3 is 0 Å². The average molecular weight is 475 g/mol. The van der Waals surface area contributed by atoms with Gasteiger partial charge in [-0.25, -0.2) is 9.97 Å². The van der Waals surface area contributed by atoms with Gasteiger partial charge in [-0.2, -0.15) is 0 Å². The van der Waals surface area contributed by atoms with Crippen LogP contribution in [0.5, 0.6) is 11.5 Å². The Bertz CT molecular complexity index is 1370. The molecule has 5 rings (SSSR count). The molecule has 8 heteroatoms. The van der Waals surface area contributed by atoms with Gasteiger partial charge in [0.1, 0.15) is 12.1 Å². The van der Waals surface area contributed by atoms with Crippen molar-refractivity contribution in [3.63, 3.8) is 0 Å². The predicted molar refractivity (Wildman–Crippen MR) is 133 cm³/mol. The van der Waals surface area contributed by atoms with Gasteiger partial charge < -0.3 is 19.7 Å². The lowest BCUT2D eigenvalue weighted by atomic mass is 9.98. The Morgan fingerprint density at radius 3 is 2.50 bits per heavy atom. The molecule has 0 radical (unpaired) electrons. The van der Waals surface area contributed by atoms with E-state index in [2.05, 4.69) is 26.3 Å². The molecule has 0 aliphatic carbocycles. The number of benzene rings is 3. The molecule has 1 aromatic heterocycles. The van der Waals surface area contributed by atoms with E-state index in [1.54, 1.807) is 44.8 Å². The molecule has 0 spiro atoms. The number of carbonyl (C=O) groups is 1. The van der Waals surface area contributed by atoms with E-state index < -0.39 is 0 Å². The topological polar surface area (TPSA) is 76.6 Å². The maximum absolute atomic E-state index is 12.6. The highest BCUT2D eigenvalue weighted by Gasteiger charge is 2.21. The molecule has 0 fully saturated rings. The predicted octanol–water partition coefficient (Wildman–Crippen LogP) is 5.12. The Kier molecular flexibility index (Phi) is 5.94. The third-order valence-corrected chi connectivity index (χ3v) is 6.25. The largest absolute Gasteiger partial charge is 0.493 e. The third kappa shape index (κ3) is 4.22. The van der Waals surface area contributed by atoms with E-state index in [1.807, 2.05) is 24.3 Å². The minimum Gasteiger partial charge on any atom is -0.493 e. The zero-order chi connectivity index (χ0) is 23.7. The lowest BCUT2D eigenvalue weighted by molar-refractivity contribution is 0.102. The first-order chi connectivity index (χ1) is 16.6. The summed E-state index contributed by atoms with van der Waals surface area (Å²) in [4.78, 5) is 23.9. The highest BCUT2D eigenvalue weighted by atomic mass is 35.5. The molecule has 0 unspecified atom stereocenters. The molecule has 1 aliphatic rings. The number of ether oxygens (including phenoxy) is 2. The van der Waals surface area contributed by atoms with Crippen molar-refractivity contribution >= 4 is 39.9 Å². The second-order valence-corrected chi connectivity index (χ2v) is 8.47. The van der Waals surface area contributed by atoms with Crippen molar-refractivity contribution in [2.24, 2.45) is 0 Å². The van der Waals surface area contributed by atoms with E-state index in [1.165, 1.54) is 5.56 Å². The smallest absolute Gasteiger partial charge is 0.255 e. The fourth-order valence-electron chi connectivity index (χ4n) is 4.24. The maximum Gasteiger partial charge on any atom is 0.255 e. The fourth-order valence-corrected chi connectivity index (χ4v) is 4.37. The maximum atomic E-state index is 12.6. The number of nitrogens with zero attached hydrogens (tertiary/aromatic N) is 3. The number of carbonyl (C=O) groups excluding carboxylic acids is 1. The van der Waals surface area contributed by atoms with Gasteiger partial charge in [-0.15, -0.1) is 0 Å². The molecule has 34 heavy (non-hydrogen) atoms. The summed E-state index contributed by atoms with van der Waals surface area (Å²) in [5.41, 5.74) is 4.50. The van der Waals surface area contributed by atoms with Crippen molar-refractivity contribution in [3.8, 4) is 11.5 Å². The van der Waals surface area contributed by atoms with Crippen LogP contribution in [0.3, 0.4) is 0 Å². The monoisotopic (exact) mass is 474 g/mol. The van der Waals surface area contributed by atoms with Crippen molar-refractivity contribution in [1.29, 1.82) is 0 Å². The number of hydrogen-bond acceptors (Lipinski definition) is 6. The van der Waals surface area contributed by atoms with E-state index in [9.17, 15) is 4.79 Å². The van der Waals surface area contributed by atoms with Crippen molar-refractivity contribution in [3.05, 3.63) is 82.6 Å². The zero-order valence-corrected chi connectivity index (χ0v) is 19.6. The van der Waals surface area contributed by atoms with Gasteiger partial charge in [-0.3, -0.25) is 4.79 Å². The highest BCUT2D eigenvalue weighted by Crippen LogP contribution is 2.36. The van der Waals surface area contributed by atoms with Crippen molar-refractivity contribution in [2.45, 2.75) is 13.0 Å². The Hall–Kier alpha value is -3.84. The average Bonchev–Trinajstić information content (AvgIpc) is 2.87. The van der Waals surface area contributed by atoms with E-state index in [0.29, 0.717) is 28.6 Å². The number of amides is 1. The molecule has 3 aromatic carbocycles. The van der Waals surface area contributed by atoms with Gasteiger partial charge in [-0.05, 0) is 60.0 Å². The molecular formula is C26H23ClN4O3. The first kappa shape index (κ1) is 22.0. The minimum absolute atomic E-state index is 0.174. The van der Waals surface area contributed by atoms with Crippen LogP contribution in [-0.4, -0.2) is 36.6 Å². The van der Waals surface area contributed by atoms with Gasteiger partial charge in [0.05, 0.1) is 19.7 Å². The van der Waals surface area contributed by atoms with Gasteiger partial charge in [0.25, 0.3) is 5.91 Å². The second-order valence-electron chi connectivity index (χ2n) is 8.04. The summed E-state index contributed by atoms with van der Waals surface area (Å²) < 4.78 is 10.9. The van der Waals surface area contributed by atoms with Gasteiger partial charge in [-0.1, -0.05) is 17.7 Å². The summed E-state index contributed by atoms with van der Waals surface area (Å²) in [5.74, 6) is 1.93. The molecular weight excluding hydrogens is 452 g/mol. The van der Waals surface area contributed by atoms with E-state index >= 15 is 0 Å². The van der Waals surface area contributed by atoms with Gasteiger partial charge in [0.2, 0.25) is 0 Å². The summed E-state index contributed by atoms with van der Waals surface area (Å²) in [6, 6.07) is 16.7. The van der Waals surface area contributed by atoms with E-state index in [0.717, 1.165) is 40.9 Å². The van der Waals surface area contributed by atoms with Crippen molar-refractivity contribution < 1.29 is 14.3 Å². The molecule has 2 heterocycles. The van der Waals surface area contributed by atoms with E-state index in [-0.39, 0.29) is 5.91 Å². The molecule has 0 saturated heterocycles. The van der Waals surface area contributed by atoms with E-state index in [4.69, 9.17) is 21.1 Å². The standard InChI is InChI=1S/C26H23ClN4O3/c1-33-23-12-21-22(13-24(23)34-2)28-15-29-25(21)31-10-9-16-5-8-20(11-18(16)14-31)30-26(32)17-3-6-19(27)7-4-17/h3-8,11-13,15H,9-10,14H2,1-2H3,(H,30,32). The first-order valence-corrected chi connectivity index (χ1v) is 11.2. The van der Waals surface area contributed by atoms with Crippen LogP contribution in [0.1, 0.15) is 21.5 Å². The summed E-state index contributed by atoms with van der Waals surface area (Å²) in [5, 5.41) is 4.48. The van der Waals surface area contributed by atoms with Gasteiger partial charge in [0.15, 0.2) is 11.5 Å². The number of anilines is 2. The molecule has 0 atom stereocenters. The van der Waals surface area contributed by atoms with Crippen molar-refractivity contribution in [2.75, 3.05) is 31.0 Å². The fraction of sp³-hybridized carbons (Fsp3) is 0.192. The summed E-state index contributed by atoms with van der Waals surface area (Å²) in [7, 11) is 3.22. The Morgan fingerprint density at radius 2 is 1.74 bits per heavy atom. The molecule has 1 aliphatic heterocycles. The van der Waals surface area contributed by atoms with Crippen LogP contribution in [0, 0.1) is 0 Å². The number of rotatable bonds is 5. The van der Waals surface area contributed by atoms with Crippen molar-refractivity contribution in [1.82, 2.24) is 9.97 Å². The van der Waals surface area contributed by atoms with Crippen LogP contribution in [-0.2, 0) is 13.0 Å². The quantitative estimate of drug-likeness (QED) is 0.433. The molecule has 4 aromatic rings. The summed E-state index contributed by atoms with van der Waals surface area (Å²) in [6.45, 7) is 1.49. The molecule has 0 saturated carbocycles. The van der Waals surface area contributed by atoms with Crippen LogP contribution < -0.4 is 19.7 Å². The Balaban J connectivity index is 1.42. The molecule has 172 valence electrons. The molecule has 1 N–H and O–H groups in total. The number of methoxy groups -OCH3 is 2. The zero-order valence-electron chi connectivity index (χ0n) is 18.8. The molecule has 7 nitrogen and oxygen atoms in total. The number of halogens is 1. The SMILES string of the molecule is COc1cc2ncnc(N3CCc4ccc(NC(=O)c5ccc(Cl)cc5)cc4C3)c2cc1OC. The summed E-state index contributed by atoms with van der Waals surface area (Å²) >= 11 is 5.93. The Morgan fingerprint density at radius 1 is 0.971 bits per heavy atom. The van der Waals surface area contributed by atoms with Crippen LogP contribution in [0.15, 0.2) is 60.9 Å². The number of hydrogen-bond donors (Lipinski definition) is 1. The van der Waals surface area contributed by atoms with Crippen LogP contribution in [0.2, 0.25) is 5.02 Å². The van der Waals surface area contributed by atoms with Crippen LogP contribution >= 0.6 is 11.6 Å². The number of aromatic nitrogens is 2. The number of fused-ring (bicyclic) bond motifs is 2. The number of nitrogens with one attached hydrogen (secondary N) is 1. The first-order valence-electron chi connectivity index (χ1n) is 10.9. The Labute approximate surface area is 202 Å². The third-order valence-electron chi connectivity index (χ3n) is 6.00. The van der Waals surface area contributed by atoms with Crippen LogP contribution in [0.4, 0.5) is 11.5 Å².